The van der Waals surface area contributed by atoms with Gasteiger partial charge in [-0.3, -0.25) is 0 Å². The molecule has 0 saturated heterocycles. The third-order valence-electron chi connectivity index (χ3n) is 0.281. The summed E-state index contributed by atoms with van der Waals surface area (Å²) in [5.74, 6) is 0. The second-order valence-electron chi connectivity index (χ2n) is 0.956. The molecule has 2 heteroatoms. The van der Waals surface area contributed by atoms with E-state index >= 15 is 0 Å². The summed E-state index contributed by atoms with van der Waals surface area (Å²) in [6.07, 6.45) is 1.27. The van der Waals surface area contributed by atoms with E-state index in [1.807, 2.05) is 0 Å². The van der Waals surface area contributed by atoms with Crippen LogP contribution in [0.3, 0.4) is 0 Å². The molecular formula is C4H6N2. The topological polar surface area (TPSA) is 49.8 Å². The monoisotopic (exact) mass is 83.1 g/mol. The van der Waals surface area contributed by atoms with Crippen molar-refractivity contribution in [2.24, 2.45) is 5.73 Å². The van der Waals surface area contributed by atoms with Crippen molar-refractivity contribution >= 4 is 0 Å². The molecule has 32 valence electrons. The van der Waals surface area contributed by atoms with Gasteiger partial charge in [-0.1, -0.05) is 0 Å². The van der Waals surface area contributed by atoms with Gasteiger partial charge in [-0.2, -0.15) is 5.26 Å². The Kier molecular flexibility index (Phi) is 1.23. The maximum absolute atomic E-state index is 7.92. The molecule has 0 unspecified atom stereocenters. The van der Waals surface area contributed by atoms with Gasteiger partial charge in [-0.25, -0.2) is 0 Å². The lowest BCUT2D eigenvalue weighted by Crippen LogP contribution is -1.87. The molecule has 0 amide bonds. The minimum Gasteiger partial charge on any atom is -0.402 e. The first kappa shape index (κ1) is 3.23. The first-order valence-corrected chi connectivity index (χ1v) is 1.55. The van der Waals surface area contributed by atoms with Crippen LogP contribution >= 0.6 is 0 Å². The average molecular weight is 83.1 g/mol. The largest absolute Gasteiger partial charge is 0.402 e. The molecule has 0 radical (unpaired) electrons. The summed E-state index contributed by atoms with van der Waals surface area (Å²) in [5.41, 5.74) is 2.61. The van der Waals surface area contributed by atoms with Crippen LogP contribution in [0.1, 0.15) is 6.92 Å². The Morgan fingerprint density at radius 1 is 2.33 bits per heavy atom. The summed E-state index contributed by atoms with van der Waals surface area (Å²) >= 11 is 0. The van der Waals surface area contributed by atoms with E-state index in [9.17, 15) is 0 Å². The van der Waals surface area contributed by atoms with Crippen LogP contribution in [0.25, 0.3) is 0 Å². The molecule has 0 bridgehead atoms. The summed E-state index contributed by atoms with van der Waals surface area (Å²) in [7, 11) is 0. The maximum atomic E-state index is 7.92. The van der Waals surface area contributed by atoms with Crippen LogP contribution in [0.5, 0.6) is 0 Å². The lowest BCUT2D eigenvalue weighted by molar-refractivity contribution is 1.31. The number of nitriles is 1. The van der Waals surface area contributed by atoms with Crippen LogP contribution in [0, 0.1) is 11.3 Å². The van der Waals surface area contributed by atoms with Crippen LogP contribution in [0.15, 0.2) is 11.8 Å². The van der Waals surface area contributed by atoms with E-state index in [1.165, 1.54) is 6.08 Å². The molecule has 0 aliphatic rings. The highest BCUT2D eigenvalue weighted by atomic mass is 14.5. The van der Waals surface area contributed by atoms with Gasteiger partial charge in [0.1, 0.15) is 0 Å². The van der Waals surface area contributed by atoms with Crippen molar-refractivity contribution in [3.63, 3.8) is 0 Å². The van der Waals surface area contributed by atoms with Crippen molar-refractivity contribution in [1.82, 2.24) is 0 Å². The van der Waals surface area contributed by atoms with Gasteiger partial charge in [0.2, 0.25) is 0 Å². The highest BCUT2D eigenvalue weighted by molar-refractivity contribution is 5.07. The van der Waals surface area contributed by atoms with Gasteiger partial charge >= 0.3 is 0 Å². The quantitative estimate of drug-likeness (QED) is 0.466. The molecule has 2 nitrogen and oxygen atoms in total. The summed E-state index contributed by atoms with van der Waals surface area (Å²) in [5, 5.41) is 7.92. The molecule has 2 N–H and O–H groups in total. The number of hydrogen-bond acceptors (Lipinski definition) is 2. The molecule has 0 spiro atoms. The van der Waals surface area contributed by atoms with Gasteiger partial charge in [-0.15, -0.1) is 0 Å². The summed E-state index contributed by atoms with van der Waals surface area (Å²) in [4.78, 5) is 0. The Morgan fingerprint density at radius 2 is 3.00 bits per heavy atom. The zero-order valence-corrected chi connectivity index (χ0v) is 3.52. The second kappa shape index (κ2) is 2.28. The molecule has 0 aliphatic carbocycles. The minimum absolute atomic E-state index is 0.558. The lowest BCUT2D eigenvalue weighted by atomic mass is 10.5. The number of hydrogen-bond donors (Lipinski definition) is 1. The van der Waals surface area contributed by atoms with E-state index < -0.39 is 0 Å². The Hall–Kier alpha value is -0.970. The lowest BCUT2D eigenvalue weighted by Gasteiger charge is -1.74. The molecule has 0 saturated carbocycles. The fourth-order valence-electron chi connectivity index (χ4n) is 0.0968. The van der Waals surface area contributed by atoms with Crippen LogP contribution in [0.2, 0.25) is 1.41 Å². The fourth-order valence-corrected chi connectivity index (χ4v) is 0.0968. The van der Waals surface area contributed by atoms with E-state index in [-0.39, 0.29) is 0 Å². The van der Waals surface area contributed by atoms with E-state index in [0.29, 0.717) is 5.70 Å². The third-order valence-corrected chi connectivity index (χ3v) is 0.281. The van der Waals surface area contributed by atoms with Crippen LogP contribution < -0.4 is 5.73 Å². The fraction of sp³-hybridized carbons (Fsp3) is 0.250. The first-order chi connectivity index (χ1) is 3.31. The van der Waals surface area contributed by atoms with Crippen LogP contribution in [-0.2, 0) is 0 Å². The zero-order chi connectivity index (χ0) is 5.70. The van der Waals surface area contributed by atoms with Crippen LogP contribution in [-0.4, -0.2) is 0 Å². The number of rotatable bonds is 1. The van der Waals surface area contributed by atoms with E-state index in [0.717, 1.165) is 0 Å². The van der Waals surface area contributed by atoms with Crippen molar-refractivity contribution < 1.29 is 1.41 Å². The third kappa shape index (κ3) is 3.03. The molecule has 0 fully saturated rings. The van der Waals surface area contributed by atoms with E-state index in [2.05, 4.69) is 5.73 Å². The normalized spacial score (nSPS) is 12.0. The number of allylic oxidation sites excluding steroid dienone is 2. The molecule has 6 heavy (non-hydrogen) atoms. The van der Waals surface area contributed by atoms with Crippen molar-refractivity contribution in [2.75, 3.05) is 0 Å². The summed E-state index contributed by atoms with van der Waals surface area (Å²) in [6, 6.07) is 1.77. The molecule has 0 aliphatic heterocycles. The van der Waals surface area contributed by atoms with Gasteiger partial charge in [0.25, 0.3) is 0 Å². The first-order valence-electron chi connectivity index (χ1n) is 2.05. The minimum atomic E-state index is 0.558. The number of nitrogens with two attached hydrogens (primary N) is 1. The van der Waals surface area contributed by atoms with Crippen molar-refractivity contribution in [3.05, 3.63) is 11.8 Å². The van der Waals surface area contributed by atoms with Crippen molar-refractivity contribution in [2.45, 2.75) is 6.92 Å². The molecule has 0 rings (SSSR count). The predicted molar refractivity (Wildman–Crippen MR) is 23.6 cm³/mol. The van der Waals surface area contributed by atoms with Crippen LogP contribution in [0.4, 0.5) is 0 Å². The molecule has 0 heterocycles. The molecule has 0 atom stereocenters. The Balaban J connectivity index is 3.56. The second-order valence-corrected chi connectivity index (χ2v) is 0.956. The number of nitrogens with zero attached hydrogens (tertiary/aromatic N) is 1. The smallest absolute Gasteiger partial charge is 0.156 e. The molecule has 0 aromatic rings. The Morgan fingerprint density at radius 3 is 3.17 bits per heavy atom. The summed E-state index contributed by atoms with van der Waals surface area (Å²) in [6.45, 7) is 1.65. The molecular weight excluding hydrogens is 76.1 g/mol. The van der Waals surface area contributed by atoms with Crippen molar-refractivity contribution in [3.8, 4) is 6.07 Å². The molecule has 0 aromatic carbocycles. The Labute approximate surface area is 38.3 Å². The predicted octanol–water partition coefficient (Wildman–Crippen LogP) is 0.372. The standard InChI is InChI=1S/C4H6N2/c1-4(6)2-3-5/h2H,6H2,1H3/b4-2-/i/hD. The van der Waals surface area contributed by atoms with Crippen molar-refractivity contribution in [1.29, 1.82) is 5.26 Å². The van der Waals surface area contributed by atoms with E-state index in [1.54, 1.807) is 13.0 Å². The van der Waals surface area contributed by atoms with Gasteiger partial charge in [0.05, 0.1) is 6.07 Å². The van der Waals surface area contributed by atoms with Gasteiger partial charge in [0, 0.05) is 11.8 Å². The average Bonchev–Trinajstić information content (AvgIpc) is 1.68. The van der Waals surface area contributed by atoms with E-state index in [4.69, 9.17) is 6.67 Å². The summed E-state index contributed by atoms with van der Waals surface area (Å²) < 4.78 is 6.44. The highest BCUT2D eigenvalue weighted by Crippen LogP contribution is 1.72. The van der Waals surface area contributed by atoms with Gasteiger partial charge in [0.15, 0.2) is 1.41 Å². The van der Waals surface area contributed by atoms with Gasteiger partial charge < -0.3 is 5.73 Å². The Bertz CT molecular complexity index is 111. The highest BCUT2D eigenvalue weighted by Gasteiger charge is 1.66. The maximum Gasteiger partial charge on any atom is 0.156 e. The molecule has 0 aromatic heterocycles. The van der Waals surface area contributed by atoms with Gasteiger partial charge in [-0.05, 0) is 6.92 Å². The zero-order valence-electron chi connectivity index (χ0n) is 4.52. The SMILES string of the molecule is [2H]N/C(C)=C\C#N.